The first-order chi connectivity index (χ1) is 12.9. The quantitative estimate of drug-likeness (QED) is 0.340. The molecule has 1 aromatic rings. The first kappa shape index (κ1) is 21.3. The Kier molecular flexibility index (Phi) is 7.03. The molecular formula is C19H24Cl2N2O3Zr. The van der Waals surface area contributed by atoms with Gasteiger partial charge in [0.15, 0.2) is 0 Å². The van der Waals surface area contributed by atoms with Gasteiger partial charge in [0.2, 0.25) is 0 Å². The van der Waals surface area contributed by atoms with Crippen molar-refractivity contribution >= 4 is 28.9 Å². The summed E-state index contributed by atoms with van der Waals surface area (Å²) in [5.41, 5.74) is 1.28. The summed E-state index contributed by atoms with van der Waals surface area (Å²) in [5, 5.41) is 22.3. The van der Waals surface area contributed by atoms with Gasteiger partial charge < -0.3 is 5.11 Å². The van der Waals surface area contributed by atoms with E-state index in [9.17, 15) is 15.2 Å². The van der Waals surface area contributed by atoms with Crippen LogP contribution in [0.5, 0.6) is 5.75 Å². The van der Waals surface area contributed by atoms with Crippen molar-refractivity contribution < 1.29 is 30.9 Å². The molecule has 4 aliphatic carbocycles. The summed E-state index contributed by atoms with van der Waals surface area (Å²) in [6.45, 7) is 2.50. The Balaban J connectivity index is 0.000000659. The van der Waals surface area contributed by atoms with Crippen molar-refractivity contribution in [2.75, 3.05) is 6.54 Å². The van der Waals surface area contributed by atoms with Gasteiger partial charge in [-0.15, -0.1) is 0 Å². The standard InChI is InChI=1S/C19H24N2O3.2ClH.Zr/c1-2-20-11-15-6-16(21(23)24)7-17(18(15)22)19-8-12-3-13(9-19)5-14(4-12)10-19;;;/h6-7,11-14,22H,2-5,8-10H2,1H3;2*1H;/q;;;+2/p-2. The van der Waals surface area contributed by atoms with Crippen molar-refractivity contribution in [1.82, 2.24) is 0 Å². The van der Waals surface area contributed by atoms with Crippen molar-refractivity contribution in [1.29, 1.82) is 0 Å². The molecule has 0 atom stereocenters. The maximum absolute atomic E-state index is 11.4. The molecule has 27 heavy (non-hydrogen) atoms. The van der Waals surface area contributed by atoms with Gasteiger partial charge in [-0.2, -0.15) is 0 Å². The summed E-state index contributed by atoms with van der Waals surface area (Å²) in [6, 6.07) is 3.07. The van der Waals surface area contributed by atoms with E-state index in [2.05, 4.69) is 4.99 Å². The molecule has 0 aromatic heterocycles. The van der Waals surface area contributed by atoms with Crippen LogP contribution >= 0.6 is 17.0 Å². The van der Waals surface area contributed by atoms with Gasteiger partial charge in [-0.25, -0.2) is 0 Å². The van der Waals surface area contributed by atoms with E-state index in [-0.39, 0.29) is 21.8 Å². The zero-order valence-corrected chi connectivity index (χ0v) is 19.3. The van der Waals surface area contributed by atoms with Gasteiger partial charge in [0, 0.05) is 41.4 Å². The number of aliphatic imine (C=N–C) groups is 1. The van der Waals surface area contributed by atoms with Crippen LogP contribution in [0, 0.1) is 27.9 Å². The van der Waals surface area contributed by atoms with Crippen molar-refractivity contribution in [2.24, 2.45) is 22.7 Å². The summed E-state index contributed by atoms with van der Waals surface area (Å²) < 4.78 is 0. The number of hydrogen-bond donors (Lipinski definition) is 1. The minimum absolute atomic E-state index is 0.0658. The molecule has 4 bridgehead atoms. The third-order valence-electron chi connectivity index (χ3n) is 6.36. The number of rotatable bonds is 4. The average Bonchev–Trinajstić information content (AvgIpc) is 2.60. The van der Waals surface area contributed by atoms with Crippen LogP contribution in [0.3, 0.4) is 0 Å². The van der Waals surface area contributed by atoms with Gasteiger partial charge in [-0.05, 0) is 63.2 Å². The summed E-state index contributed by atoms with van der Waals surface area (Å²) in [4.78, 5) is 15.2. The Hall–Kier alpha value is -0.447. The molecule has 1 aromatic carbocycles. The molecule has 1 N–H and O–H groups in total. The number of phenolic OH excluding ortho intramolecular Hbond substituents is 1. The van der Waals surface area contributed by atoms with E-state index in [1.165, 1.54) is 25.3 Å². The van der Waals surface area contributed by atoms with Gasteiger partial charge in [0.1, 0.15) is 5.75 Å². The van der Waals surface area contributed by atoms with Crippen molar-refractivity contribution in [3.63, 3.8) is 0 Å². The first-order valence-corrected chi connectivity index (χ1v) is 15.7. The molecule has 0 saturated heterocycles. The Morgan fingerprint density at radius 2 is 1.78 bits per heavy atom. The first-order valence-electron chi connectivity index (χ1n) is 9.40. The van der Waals surface area contributed by atoms with E-state index in [4.69, 9.17) is 17.0 Å². The fourth-order valence-corrected chi connectivity index (χ4v) is 5.88. The summed E-state index contributed by atoms with van der Waals surface area (Å²) in [6.07, 6.45) is 8.69. The van der Waals surface area contributed by atoms with Crippen LogP contribution in [0.4, 0.5) is 5.69 Å². The molecule has 0 unspecified atom stereocenters. The van der Waals surface area contributed by atoms with Gasteiger partial charge in [0.25, 0.3) is 5.69 Å². The van der Waals surface area contributed by atoms with E-state index in [0.717, 1.165) is 42.6 Å². The second kappa shape index (κ2) is 8.92. The molecule has 0 aliphatic heterocycles. The number of nitrogens with zero attached hydrogens (tertiary/aromatic N) is 2. The van der Waals surface area contributed by atoms with E-state index >= 15 is 0 Å². The van der Waals surface area contributed by atoms with Crippen LogP contribution in [-0.2, 0) is 26.3 Å². The Labute approximate surface area is 178 Å². The van der Waals surface area contributed by atoms with Crippen molar-refractivity contribution in [3.8, 4) is 5.75 Å². The third kappa shape index (κ3) is 4.43. The Morgan fingerprint density at radius 1 is 1.26 bits per heavy atom. The number of phenols is 1. The molecular weight excluding hydrogens is 466 g/mol. The van der Waals surface area contributed by atoms with E-state index in [1.807, 2.05) is 6.92 Å². The van der Waals surface area contributed by atoms with E-state index < -0.39 is 20.8 Å². The van der Waals surface area contributed by atoms with Gasteiger partial charge >= 0.3 is 37.9 Å². The van der Waals surface area contributed by atoms with Crippen LogP contribution in [0.2, 0.25) is 0 Å². The third-order valence-corrected chi connectivity index (χ3v) is 6.36. The second-order valence-electron chi connectivity index (χ2n) is 8.09. The van der Waals surface area contributed by atoms with Crippen molar-refractivity contribution in [3.05, 3.63) is 33.4 Å². The molecule has 5 nitrogen and oxygen atoms in total. The average molecular weight is 491 g/mol. The van der Waals surface area contributed by atoms with Crippen LogP contribution in [-0.4, -0.2) is 22.8 Å². The number of aromatic hydroxyl groups is 1. The van der Waals surface area contributed by atoms with E-state index in [0.29, 0.717) is 12.1 Å². The SMILES string of the molecule is CCN=Cc1cc([N+](=O)[O-])cc(C23CC4CC(CC(C4)C2)C3)c1O.[Cl][Zr][Cl]. The van der Waals surface area contributed by atoms with Crippen LogP contribution in [0.1, 0.15) is 56.6 Å². The predicted molar refractivity (Wildman–Crippen MR) is 104 cm³/mol. The van der Waals surface area contributed by atoms with E-state index in [1.54, 1.807) is 12.3 Å². The number of non-ortho nitro benzene ring substituents is 1. The molecule has 0 spiro atoms. The molecule has 0 heterocycles. The molecule has 4 saturated carbocycles. The predicted octanol–water partition coefficient (Wildman–Crippen LogP) is 5.58. The fraction of sp³-hybridized carbons (Fsp3) is 0.632. The zero-order chi connectivity index (χ0) is 19.6. The number of hydrogen-bond acceptors (Lipinski definition) is 4. The topological polar surface area (TPSA) is 75.7 Å². The van der Waals surface area contributed by atoms with Crippen LogP contribution in [0.15, 0.2) is 17.1 Å². The summed E-state index contributed by atoms with van der Waals surface area (Å²) in [7, 11) is 9.87. The number of nitro groups is 1. The summed E-state index contributed by atoms with van der Waals surface area (Å²) in [5.74, 6) is 2.38. The normalized spacial score (nSPS) is 30.9. The zero-order valence-electron chi connectivity index (χ0n) is 15.3. The molecule has 0 radical (unpaired) electrons. The molecule has 0 amide bonds. The van der Waals surface area contributed by atoms with Gasteiger partial charge in [-0.3, -0.25) is 15.1 Å². The number of halogens is 2. The second-order valence-corrected chi connectivity index (χ2v) is 11.8. The Bertz CT molecular complexity index is 707. The van der Waals surface area contributed by atoms with Crippen LogP contribution in [0.25, 0.3) is 0 Å². The minimum atomic E-state index is -0.826. The Morgan fingerprint density at radius 3 is 2.22 bits per heavy atom. The molecule has 8 heteroatoms. The molecule has 4 fully saturated rings. The van der Waals surface area contributed by atoms with Gasteiger partial charge in [0.05, 0.1) is 4.92 Å². The fourth-order valence-electron chi connectivity index (χ4n) is 5.88. The summed E-state index contributed by atoms with van der Waals surface area (Å²) >= 11 is -0.826. The molecule has 5 rings (SSSR count). The maximum atomic E-state index is 11.4. The number of nitro benzene ring substituents is 1. The van der Waals surface area contributed by atoms with Gasteiger partial charge in [-0.1, -0.05) is 0 Å². The monoisotopic (exact) mass is 488 g/mol. The number of benzene rings is 1. The molecule has 4 aliphatic rings. The van der Waals surface area contributed by atoms with Crippen LogP contribution < -0.4 is 0 Å². The van der Waals surface area contributed by atoms with Crippen molar-refractivity contribution in [2.45, 2.75) is 50.9 Å². The molecule has 146 valence electrons.